The van der Waals surface area contributed by atoms with E-state index < -0.39 is 23.3 Å². The molecule has 0 saturated heterocycles. The number of carbonyl (C=O) groups excluding carboxylic acids is 1. The molecule has 0 unspecified atom stereocenters. The summed E-state index contributed by atoms with van der Waals surface area (Å²) in [4.78, 5) is 14.1. The van der Waals surface area contributed by atoms with E-state index in [0.717, 1.165) is 11.9 Å². The number of benzene rings is 2. The molecule has 0 aliphatic carbocycles. The Morgan fingerprint density at radius 3 is 2.34 bits per heavy atom. The van der Waals surface area contributed by atoms with Gasteiger partial charge in [0.25, 0.3) is 5.91 Å². The highest BCUT2D eigenvalue weighted by Crippen LogP contribution is 2.34. The number of rotatable bonds is 5. The normalized spacial score (nSPS) is 11.5. The maximum Gasteiger partial charge on any atom is 0.434 e. The highest BCUT2D eigenvalue weighted by molar-refractivity contribution is 6.30. The van der Waals surface area contributed by atoms with Crippen molar-refractivity contribution in [3.05, 3.63) is 95.0 Å². The summed E-state index contributed by atoms with van der Waals surface area (Å²) >= 11 is 5.82. The SMILES string of the molecule is CN(Cc1cnn(-c2ccccc2)c1)C(=O)c1cnn(-c2ccc(Cl)cc2)c1C(F)(F)F. The van der Waals surface area contributed by atoms with Gasteiger partial charge in [0.2, 0.25) is 0 Å². The largest absolute Gasteiger partial charge is 0.434 e. The Bertz CT molecular complexity index is 1230. The van der Waals surface area contributed by atoms with Gasteiger partial charge in [-0.3, -0.25) is 4.79 Å². The van der Waals surface area contributed by atoms with E-state index in [1.807, 2.05) is 30.3 Å². The summed E-state index contributed by atoms with van der Waals surface area (Å²) in [6, 6.07) is 15.1. The third kappa shape index (κ3) is 4.38. The first kappa shape index (κ1) is 21.6. The molecule has 32 heavy (non-hydrogen) atoms. The predicted octanol–water partition coefficient (Wildman–Crippen LogP) is 5.00. The number of carbonyl (C=O) groups is 1. The summed E-state index contributed by atoms with van der Waals surface area (Å²) in [5.41, 5.74) is -0.0331. The van der Waals surface area contributed by atoms with Crippen LogP contribution in [0.2, 0.25) is 5.02 Å². The first-order valence-electron chi connectivity index (χ1n) is 9.49. The fourth-order valence-electron chi connectivity index (χ4n) is 3.27. The van der Waals surface area contributed by atoms with E-state index in [4.69, 9.17) is 11.6 Å². The molecule has 164 valence electrons. The van der Waals surface area contributed by atoms with E-state index in [1.54, 1.807) is 17.1 Å². The third-order valence-corrected chi connectivity index (χ3v) is 5.01. The molecule has 0 bridgehead atoms. The Morgan fingerprint density at radius 1 is 1.00 bits per heavy atom. The van der Waals surface area contributed by atoms with Gasteiger partial charge < -0.3 is 4.90 Å². The van der Waals surface area contributed by atoms with Crippen molar-refractivity contribution in [3.63, 3.8) is 0 Å². The van der Waals surface area contributed by atoms with E-state index in [2.05, 4.69) is 10.2 Å². The van der Waals surface area contributed by atoms with Crippen LogP contribution in [0, 0.1) is 0 Å². The highest BCUT2D eigenvalue weighted by Gasteiger charge is 2.41. The number of hydrogen-bond donors (Lipinski definition) is 0. The van der Waals surface area contributed by atoms with Gasteiger partial charge in [0.15, 0.2) is 5.69 Å². The van der Waals surface area contributed by atoms with Gasteiger partial charge in [0.05, 0.1) is 29.3 Å². The van der Waals surface area contributed by atoms with Gasteiger partial charge in [0, 0.05) is 30.4 Å². The van der Waals surface area contributed by atoms with E-state index in [1.165, 1.54) is 36.2 Å². The summed E-state index contributed by atoms with van der Waals surface area (Å²) < 4.78 is 44.0. The average molecular weight is 460 g/mol. The zero-order valence-electron chi connectivity index (χ0n) is 16.8. The van der Waals surface area contributed by atoms with Crippen LogP contribution in [0.4, 0.5) is 13.2 Å². The number of alkyl halides is 3. The minimum atomic E-state index is -4.79. The van der Waals surface area contributed by atoms with Crippen LogP contribution in [0.1, 0.15) is 21.6 Å². The van der Waals surface area contributed by atoms with E-state index in [9.17, 15) is 18.0 Å². The van der Waals surface area contributed by atoms with Gasteiger partial charge in [-0.1, -0.05) is 29.8 Å². The van der Waals surface area contributed by atoms with Crippen molar-refractivity contribution in [2.75, 3.05) is 7.05 Å². The van der Waals surface area contributed by atoms with Gasteiger partial charge in [-0.05, 0) is 36.4 Å². The zero-order valence-corrected chi connectivity index (χ0v) is 17.5. The topological polar surface area (TPSA) is 56.0 Å². The first-order valence-corrected chi connectivity index (χ1v) is 9.87. The predicted molar refractivity (Wildman–Crippen MR) is 113 cm³/mol. The molecule has 2 aromatic carbocycles. The second-order valence-electron chi connectivity index (χ2n) is 7.08. The number of hydrogen-bond acceptors (Lipinski definition) is 3. The van der Waals surface area contributed by atoms with Crippen LogP contribution in [0.5, 0.6) is 0 Å². The number of aromatic nitrogens is 4. The van der Waals surface area contributed by atoms with Gasteiger partial charge >= 0.3 is 6.18 Å². The molecule has 0 radical (unpaired) electrons. The van der Waals surface area contributed by atoms with Crippen molar-refractivity contribution >= 4 is 17.5 Å². The summed E-state index contributed by atoms with van der Waals surface area (Å²) in [6.45, 7) is 0.0785. The third-order valence-electron chi connectivity index (χ3n) is 4.76. The van der Waals surface area contributed by atoms with E-state index >= 15 is 0 Å². The molecule has 0 spiro atoms. The van der Waals surface area contributed by atoms with Crippen molar-refractivity contribution in [1.82, 2.24) is 24.5 Å². The van der Waals surface area contributed by atoms with Crippen molar-refractivity contribution in [3.8, 4) is 11.4 Å². The zero-order chi connectivity index (χ0) is 22.9. The molecule has 2 aromatic heterocycles. The smallest absolute Gasteiger partial charge is 0.337 e. The van der Waals surface area contributed by atoms with Gasteiger partial charge in [0.1, 0.15) is 0 Å². The lowest BCUT2D eigenvalue weighted by molar-refractivity contribution is -0.143. The van der Waals surface area contributed by atoms with Crippen molar-refractivity contribution in [2.45, 2.75) is 12.7 Å². The molecule has 0 N–H and O–H groups in total. The molecule has 2 heterocycles. The Hall–Kier alpha value is -3.59. The molecule has 0 aliphatic heterocycles. The number of amides is 1. The van der Waals surface area contributed by atoms with Crippen LogP contribution in [-0.4, -0.2) is 37.4 Å². The fraction of sp³-hybridized carbons (Fsp3) is 0.136. The van der Waals surface area contributed by atoms with Crippen molar-refractivity contribution < 1.29 is 18.0 Å². The molecular weight excluding hydrogens is 443 g/mol. The molecule has 4 aromatic rings. The van der Waals surface area contributed by atoms with Crippen molar-refractivity contribution in [2.24, 2.45) is 0 Å². The van der Waals surface area contributed by atoms with Crippen LogP contribution in [0.25, 0.3) is 11.4 Å². The highest BCUT2D eigenvalue weighted by atomic mass is 35.5. The van der Waals surface area contributed by atoms with Gasteiger partial charge in [-0.2, -0.15) is 23.4 Å². The Balaban J connectivity index is 1.60. The lowest BCUT2D eigenvalue weighted by Crippen LogP contribution is -2.28. The Morgan fingerprint density at radius 2 is 1.69 bits per heavy atom. The van der Waals surface area contributed by atoms with Crippen LogP contribution in [-0.2, 0) is 12.7 Å². The Labute approximate surface area is 186 Å². The minimum Gasteiger partial charge on any atom is -0.337 e. The van der Waals surface area contributed by atoms with Crippen LogP contribution < -0.4 is 0 Å². The standard InChI is InChI=1S/C22H17ClF3N5O/c1-29(13-15-11-27-30(14-15)17-5-3-2-4-6-17)21(32)19-12-28-31(20(19)22(24,25)26)18-9-7-16(23)8-10-18/h2-12,14H,13H2,1H3. The molecule has 10 heteroatoms. The number of para-hydroxylation sites is 1. The number of nitrogens with zero attached hydrogens (tertiary/aromatic N) is 5. The first-order chi connectivity index (χ1) is 15.2. The maximum atomic E-state index is 13.9. The monoisotopic (exact) mass is 459 g/mol. The minimum absolute atomic E-state index is 0.0785. The molecule has 0 aliphatic rings. The van der Waals surface area contributed by atoms with E-state index in [-0.39, 0.29) is 12.2 Å². The second kappa shape index (κ2) is 8.51. The lowest BCUT2D eigenvalue weighted by Gasteiger charge is -2.18. The summed E-state index contributed by atoms with van der Waals surface area (Å²) in [5.74, 6) is -0.801. The van der Waals surface area contributed by atoms with Crippen molar-refractivity contribution in [1.29, 1.82) is 0 Å². The van der Waals surface area contributed by atoms with Crippen LogP contribution in [0.3, 0.4) is 0 Å². The maximum absolute atomic E-state index is 13.9. The van der Waals surface area contributed by atoms with Crippen LogP contribution in [0.15, 0.2) is 73.2 Å². The lowest BCUT2D eigenvalue weighted by atomic mass is 10.2. The van der Waals surface area contributed by atoms with Gasteiger partial charge in [-0.15, -0.1) is 0 Å². The van der Waals surface area contributed by atoms with Crippen LogP contribution >= 0.6 is 11.6 Å². The quantitative estimate of drug-likeness (QED) is 0.422. The molecule has 0 saturated carbocycles. The fourth-order valence-corrected chi connectivity index (χ4v) is 3.40. The average Bonchev–Trinajstić information content (AvgIpc) is 3.42. The summed E-state index contributed by atoms with van der Waals surface area (Å²) in [5, 5.41) is 8.45. The van der Waals surface area contributed by atoms with E-state index in [0.29, 0.717) is 15.3 Å². The molecule has 6 nitrogen and oxygen atoms in total. The molecule has 0 atom stereocenters. The molecule has 4 rings (SSSR count). The Kier molecular flexibility index (Phi) is 5.75. The summed E-state index contributed by atoms with van der Waals surface area (Å²) in [7, 11) is 1.43. The molecular formula is C22H17ClF3N5O. The summed E-state index contributed by atoms with van der Waals surface area (Å²) in [6.07, 6.45) is -0.566. The molecule has 1 amide bonds. The number of halogens is 4. The van der Waals surface area contributed by atoms with Gasteiger partial charge in [-0.25, -0.2) is 9.36 Å². The molecule has 0 fully saturated rings. The second-order valence-corrected chi connectivity index (χ2v) is 7.52.